The van der Waals surface area contributed by atoms with Gasteiger partial charge in [-0.1, -0.05) is 37.6 Å². The molecule has 0 bridgehead atoms. The molecule has 1 N–H and O–H groups in total. The minimum atomic E-state index is 0.500. The van der Waals surface area contributed by atoms with E-state index >= 15 is 0 Å². The van der Waals surface area contributed by atoms with Gasteiger partial charge in [-0.3, -0.25) is 0 Å². The summed E-state index contributed by atoms with van der Waals surface area (Å²) in [5, 5.41) is 4.46. The molecule has 1 aromatic rings. The van der Waals surface area contributed by atoms with E-state index in [0.717, 1.165) is 23.7 Å². The van der Waals surface area contributed by atoms with Gasteiger partial charge in [-0.15, -0.1) is 0 Å². The second-order valence-electron chi connectivity index (χ2n) is 5.58. The van der Waals surface area contributed by atoms with E-state index in [4.69, 9.17) is 11.6 Å². The van der Waals surface area contributed by atoms with Gasteiger partial charge in [0.15, 0.2) is 0 Å². The number of nitrogens with zero attached hydrogens (tertiary/aromatic N) is 1. The first-order valence-corrected chi connectivity index (χ1v) is 6.91. The fourth-order valence-electron chi connectivity index (χ4n) is 1.90. The van der Waals surface area contributed by atoms with E-state index in [1.807, 2.05) is 6.92 Å². The summed E-state index contributed by atoms with van der Waals surface area (Å²) in [7, 11) is 4.22. The van der Waals surface area contributed by atoms with E-state index in [1.54, 1.807) is 0 Å². The fraction of sp³-hybridized carbons (Fsp3) is 0.600. The molecule has 1 rings (SSSR count). The maximum absolute atomic E-state index is 6.14. The maximum atomic E-state index is 6.14. The molecule has 0 amide bonds. The number of nitrogens with one attached hydrogen (secondary N) is 1. The molecule has 1 atom stereocenters. The molecule has 2 nitrogen and oxygen atoms in total. The molecule has 0 spiro atoms. The average molecular weight is 269 g/mol. The topological polar surface area (TPSA) is 15.3 Å². The Morgan fingerprint density at radius 3 is 2.44 bits per heavy atom. The van der Waals surface area contributed by atoms with Gasteiger partial charge in [0.2, 0.25) is 0 Å². The van der Waals surface area contributed by atoms with Crippen molar-refractivity contribution in [3.8, 4) is 0 Å². The van der Waals surface area contributed by atoms with Crippen LogP contribution in [-0.2, 0) is 6.54 Å². The Balaban J connectivity index is 2.58. The Hall–Kier alpha value is -0.570. The lowest BCUT2D eigenvalue weighted by Gasteiger charge is -2.25. The van der Waals surface area contributed by atoms with Crippen molar-refractivity contribution in [3.05, 3.63) is 34.3 Å². The molecular formula is C15H25ClN2. The van der Waals surface area contributed by atoms with Gasteiger partial charge in [-0.05, 0) is 44.1 Å². The number of hydrogen-bond acceptors (Lipinski definition) is 2. The summed E-state index contributed by atoms with van der Waals surface area (Å²) in [5.74, 6) is 0.619. The maximum Gasteiger partial charge on any atom is 0.0438 e. The van der Waals surface area contributed by atoms with E-state index in [1.165, 1.54) is 5.56 Å². The highest BCUT2D eigenvalue weighted by Crippen LogP contribution is 2.17. The number of hydrogen-bond donors (Lipinski definition) is 1. The number of rotatable bonds is 6. The van der Waals surface area contributed by atoms with Crippen molar-refractivity contribution < 1.29 is 0 Å². The van der Waals surface area contributed by atoms with Crippen molar-refractivity contribution >= 4 is 11.6 Å². The van der Waals surface area contributed by atoms with Gasteiger partial charge in [0, 0.05) is 24.2 Å². The Kier molecular flexibility index (Phi) is 6.13. The van der Waals surface area contributed by atoms with Gasteiger partial charge in [0.05, 0.1) is 0 Å². The molecule has 0 radical (unpaired) electrons. The van der Waals surface area contributed by atoms with Crippen molar-refractivity contribution in [2.45, 2.75) is 33.4 Å². The minimum Gasteiger partial charge on any atom is -0.308 e. The van der Waals surface area contributed by atoms with Crippen molar-refractivity contribution in [1.82, 2.24) is 10.2 Å². The van der Waals surface area contributed by atoms with Crippen LogP contribution in [0.1, 0.15) is 25.0 Å². The molecule has 0 fully saturated rings. The number of likely N-dealkylation sites (N-methyl/N-ethyl adjacent to an activating group) is 1. The smallest absolute Gasteiger partial charge is 0.0438 e. The lowest BCUT2D eigenvalue weighted by Crippen LogP contribution is -2.41. The summed E-state index contributed by atoms with van der Waals surface area (Å²) in [5.41, 5.74) is 2.38. The van der Waals surface area contributed by atoms with Gasteiger partial charge in [0.1, 0.15) is 0 Å². The third-order valence-corrected chi connectivity index (χ3v) is 3.58. The zero-order valence-electron chi connectivity index (χ0n) is 12.1. The Labute approximate surface area is 116 Å². The predicted octanol–water partition coefficient (Wildman–Crippen LogP) is 3.32. The molecule has 0 heterocycles. The summed E-state index contributed by atoms with van der Waals surface area (Å²) in [6.45, 7) is 8.46. The van der Waals surface area contributed by atoms with Crippen LogP contribution in [0.4, 0.5) is 0 Å². The Morgan fingerprint density at radius 2 is 1.94 bits per heavy atom. The largest absolute Gasteiger partial charge is 0.308 e. The normalized spacial score (nSPS) is 13.3. The highest BCUT2D eigenvalue weighted by molar-refractivity contribution is 6.31. The minimum absolute atomic E-state index is 0.500. The van der Waals surface area contributed by atoms with Gasteiger partial charge in [-0.25, -0.2) is 0 Å². The van der Waals surface area contributed by atoms with E-state index in [-0.39, 0.29) is 0 Å². The Bertz CT molecular complexity index is 375. The molecule has 1 unspecified atom stereocenters. The van der Waals surface area contributed by atoms with Crippen molar-refractivity contribution in [2.75, 3.05) is 20.6 Å². The molecule has 0 aliphatic carbocycles. The van der Waals surface area contributed by atoms with Crippen LogP contribution >= 0.6 is 11.6 Å². The van der Waals surface area contributed by atoms with Gasteiger partial charge in [-0.2, -0.15) is 0 Å². The summed E-state index contributed by atoms with van der Waals surface area (Å²) in [4.78, 5) is 2.22. The van der Waals surface area contributed by atoms with Crippen LogP contribution < -0.4 is 5.32 Å². The molecule has 102 valence electrons. The van der Waals surface area contributed by atoms with Crippen LogP contribution in [0.5, 0.6) is 0 Å². The van der Waals surface area contributed by atoms with E-state index in [2.05, 4.69) is 56.4 Å². The second kappa shape index (κ2) is 7.13. The summed E-state index contributed by atoms with van der Waals surface area (Å²) < 4.78 is 0. The highest BCUT2D eigenvalue weighted by Gasteiger charge is 2.13. The van der Waals surface area contributed by atoms with Crippen LogP contribution in [0.2, 0.25) is 5.02 Å². The molecule has 1 aromatic carbocycles. The van der Waals surface area contributed by atoms with Crippen LogP contribution in [0.15, 0.2) is 18.2 Å². The van der Waals surface area contributed by atoms with Crippen molar-refractivity contribution in [3.63, 3.8) is 0 Å². The van der Waals surface area contributed by atoms with Crippen LogP contribution in [0, 0.1) is 12.8 Å². The monoisotopic (exact) mass is 268 g/mol. The zero-order valence-corrected chi connectivity index (χ0v) is 12.9. The van der Waals surface area contributed by atoms with Gasteiger partial charge in [0.25, 0.3) is 0 Å². The van der Waals surface area contributed by atoms with E-state index < -0.39 is 0 Å². The third-order valence-electron chi connectivity index (χ3n) is 3.17. The molecule has 0 aliphatic heterocycles. The van der Waals surface area contributed by atoms with Gasteiger partial charge >= 0.3 is 0 Å². The molecular weight excluding hydrogens is 244 g/mol. The second-order valence-corrected chi connectivity index (χ2v) is 5.98. The first-order chi connectivity index (χ1) is 8.40. The molecule has 18 heavy (non-hydrogen) atoms. The van der Waals surface area contributed by atoms with Crippen LogP contribution in [0.3, 0.4) is 0 Å². The van der Waals surface area contributed by atoms with E-state index in [9.17, 15) is 0 Å². The van der Waals surface area contributed by atoms with Crippen molar-refractivity contribution in [1.29, 1.82) is 0 Å². The highest BCUT2D eigenvalue weighted by atomic mass is 35.5. The quantitative estimate of drug-likeness (QED) is 0.851. The summed E-state index contributed by atoms with van der Waals surface area (Å²) in [6.07, 6.45) is 0. The Morgan fingerprint density at radius 1 is 1.28 bits per heavy atom. The van der Waals surface area contributed by atoms with E-state index in [0.29, 0.717) is 12.0 Å². The standard InChI is InChI=1S/C15H25ClN2/c1-11(2)15(10-18(4)5)17-9-13-7-6-12(3)14(16)8-13/h6-8,11,15,17H,9-10H2,1-5H3. The van der Waals surface area contributed by atoms with Gasteiger partial charge < -0.3 is 10.2 Å². The third kappa shape index (κ3) is 4.97. The SMILES string of the molecule is Cc1ccc(CNC(CN(C)C)C(C)C)cc1Cl. The zero-order chi connectivity index (χ0) is 13.7. The number of benzene rings is 1. The predicted molar refractivity (Wildman–Crippen MR) is 80.2 cm³/mol. The first-order valence-electron chi connectivity index (χ1n) is 6.53. The summed E-state index contributed by atoms with van der Waals surface area (Å²) >= 11 is 6.14. The molecule has 0 aliphatic rings. The average Bonchev–Trinajstić information content (AvgIpc) is 2.28. The summed E-state index contributed by atoms with van der Waals surface area (Å²) in [6, 6.07) is 6.77. The fourth-order valence-corrected chi connectivity index (χ4v) is 2.10. The number of aryl methyl sites for hydroxylation is 1. The number of halogens is 1. The molecule has 3 heteroatoms. The lowest BCUT2D eigenvalue weighted by molar-refractivity contribution is 0.288. The van der Waals surface area contributed by atoms with Crippen LogP contribution in [-0.4, -0.2) is 31.6 Å². The van der Waals surface area contributed by atoms with Crippen LogP contribution in [0.25, 0.3) is 0 Å². The molecule has 0 saturated heterocycles. The molecule has 0 aromatic heterocycles. The first kappa shape index (κ1) is 15.5. The lowest BCUT2D eigenvalue weighted by atomic mass is 10.0. The van der Waals surface area contributed by atoms with Crippen molar-refractivity contribution in [2.24, 2.45) is 5.92 Å². The molecule has 0 saturated carbocycles.